The molecule has 2 nitrogen and oxygen atoms in total. The fraction of sp³-hybridized carbons (Fsp3) is 0.0508. The van der Waals surface area contributed by atoms with Gasteiger partial charge in [-0.2, -0.15) is 0 Å². The van der Waals surface area contributed by atoms with E-state index in [2.05, 4.69) is 211 Å². The molecule has 288 valence electrons. The third kappa shape index (κ3) is 5.56. The molecule has 0 saturated heterocycles. The first-order valence-electron chi connectivity index (χ1n) is 21.3. The number of anilines is 3. The highest BCUT2D eigenvalue weighted by molar-refractivity contribution is 6.32. The van der Waals surface area contributed by atoms with Crippen LogP contribution in [0.2, 0.25) is 0 Å². The Morgan fingerprint density at radius 1 is 0.426 bits per heavy atom. The third-order valence-corrected chi connectivity index (χ3v) is 12.9. The molecule has 12 rings (SSSR count). The molecule has 0 aliphatic heterocycles. The molecule has 0 saturated carbocycles. The van der Waals surface area contributed by atoms with E-state index in [9.17, 15) is 0 Å². The van der Waals surface area contributed by atoms with Crippen LogP contribution in [0, 0.1) is 0 Å². The van der Waals surface area contributed by atoms with E-state index in [0.29, 0.717) is 0 Å². The summed E-state index contributed by atoms with van der Waals surface area (Å²) in [7, 11) is 1.73. The van der Waals surface area contributed by atoms with Crippen LogP contribution in [0.3, 0.4) is 0 Å². The molecule has 61 heavy (non-hydrogen) atoms. The second kappa shape index (κ2) is 14.3. The average Bonchev–Trinajstić information content (AvgIpc) is 3.67. The van der Waals surface area contributed by atoms with E-state index in [1.165, 1.54) is 98.7 Å². The van der Waals surface area contributed by atoms with Gasteiger partial charge in [-0.25, -0.2) is 0 Å². The van der Waals surface area contributed by atoms with Gasteiger partial charge in [0, 0.05) is 16.8 Å². The van der Waals surface area contributed by atoms with Gasteiger partial charge >= 0.3 is 0 Å². The summed E-state index contributed by atoms with van der Waals surface area (Å²) in [6.07, 6.45) is 8.90. The minimum atomic E-state index is 0.832. The van der Waals surface area contributed by atoms with E-state index in [0.717, 1.165) is 35.7 Å². The lowest BCUT2D eigenvalue weighted by Gasteiger charge is -2.28. The molecule has 0 radical (unpaired) electrons. The molecule has 2 aliphatic carbocycles. The van der Waals surface area contributed by atoms with E-state index in [4.69, 9.17) is 4.74 Å². The monoisotopic (exact) mass is 779 g/mol. The van der Waals surface area contributed by atoms with Crippen LogP contribution in [0.25, 0.3) is 93.2 Å². The molecule has 2 heteroatoms. The molecule has 0 spiro atoms. The van der Waals surface area contributed by atoms with Crippen molar-refractivity contribution in [3.63, 3.8) is 0 Å². The van der Waals surface area contributed by atoms with Crippen LogP contribution in [0.5, 0.6) is 5.75 Å². The van der Waals surface area contributed by atoms with Crippen molar-refractivity contribution < 1.29 is 4.74 Å². The summed E-state index contributed by atoms with van der Waals surface area (Å²) in [6.45, 7) is 0. The molecule has 0 amide bonds. The SMILES string of the molecule is COc1ccc(N(c2ccc3c(c2)c2ccccc2c2c(-c4ccccc4)cc(-c4ccccc4)c(C4=CC=CCC4)c32)c2ccc3c4c(cccc24)-c2ccccc2-3)cc1. The fourth-order valence-corrected chi connectivity index (χ4v) is 10.3. The Balaban J connectivity index is 1.20. The second-order valence-electron chi connectivity index (χ2n) is 16.2. The first-order chi connectivity index (χ1) is 30.2. The van der Waals surface area contributed by atoms with E-state index in [1.54, 1.807) is 7.11 Å². The minimum absolute atomic E-state index is 0.832. The maximum Gasteiger partial charge on any atom is 0.119 e. The summed E-state index contributed by atoms with van der Waals surface area (Å²) in [6, 6.07) is 69.3. The van der Waals surface area contributed by atoms with Gasteiger partial charge in [0.15, 0.2) is 0 Å². The quantitative estimate of drug-likeness (QED) is 0.149. The van der Waals surface area contributed by atoms with Gasteiger partial charge in [0.1, 0.15) is 5.75 Å². The molecule has 0 fully saturated rings. The van der Waals surface area contributed by atoms with Crippen LogP contribution in [-0.4, -0.2) is 7.11 Å². The van der Waals surface area contributed by atoms with Crippen LogP contribution < -0.4 is 9.64 Å². The minimum Gasteiger partial charge on any atom is -0.497 e. The Labute approximate surface area is 355 Å². The Hall–Kier alpha value is -7.68. The Kier molecular flexibility index (Phi) is 8.24. The van der Waals surface area contributed by atoms with Crippen molar-refractivity contribution in [1.82, 2.24) is 0 Å². The van der Waals surface area contributed by atoms with Crippen LogP contribution in [0.4, 0.5) is 17.1 Å². The zero-order valence-electron chi connectivity index (χ0n) is 33.9. The van der Waals surface area contributed by atoms with Crippen molar-refractivity contribution in [2.24, 2.45) is 0 Å². The number of nitrogens with zero attached hydrogens (tertiary/aromatic N) is 1. The van der Waals surface area contributed by atoms with Crippen molar-refractivity contribution >= 4 is 65.7 Å². The predicted octanol–water partition coefficient (Wildman–Crippen LogP) is 16.5. The number of allylic oxidation sites excluding steroid dienone is 4. The number of methoxy groups -OCH3 is 1. The highest BCUT2D eigenvalue weighted by Crippen LogP contribution is 2.53. The van der Waals surface area contributed by atoms with Crippen molar-refractivity contribution in [3.8, 4) is 50.3 Å². The molecular formula is C59H41NO. The standard InChI is InChI=1S/C59H41NO/c1-61-43-31-28-41(29-32-43)60(55-35-34-49-45-23-12-11-22-44(45)47-26-15-27-51(55)57(47)49)42-30-33-50-54(36-42)46-24-13-14-25-48(46)58-53(39-18-7-3-8-19-39)37-52(38-16-5-2-6-17-38)56(59(50)58)40-20-9-4-10-21-40/h2-9,11-20,22-37H,10,21H2,1H3. The van der Waals surface area contributed by atoms with Crippen molar-refractivity contribution in [2.45, 2.75) is 12.8 Å². The first kappa shape index (κ1) is 35.3. The molecule has 0 bridgehead atoms. The van der Waals surface area contributed by atoms with Gasteiger partial charge in [0.05, 0.1) is 12.8 Å². The van der Waals surface area contributed by atoms with Crippen LogP contribution in [0.15, 0.2) is 206 Å². The molecule has 0 atom stereocenters. The largest absolute Gasteiger partial charge is 0.497 e. The van der Waals surface area contributed by atoms with Gasteiger partial charge in [0.25, 0.3) is 0 Å². The molecule has 0 N–H and O–H groups in total. The average molecular weight is 780 g/mol. The van der Waals surface area contributed by atoms with Crippen molar-refractivity contribution in [3.05, 3.63) is 212 Å². The summed E-state index contributed by atoms with van der Waals surface area (Å²) in [5.41, 5.74) is 16.1. The van der Waals surface area contributed by atoms with E-state index in [1.807, 2.05) is 0 Å². The van der Waals surface area contributed by atoms with Crippen molar-refractivity contribution in [1.29, 1.82) is 0 Å². The number of benzene rings is 10. The highest BCUT2D eigenvalue weighted by atomic mass is 16.5. The Bertz CT molecular complexity index is 3400. The van der Waals surface area contributed by atoms with Gasteiger partial charge in [-0.1, -0.05) is 158 Å². The number of hydrogen-bond acceptors (Lipinski definition) is 2. The molecule has 0 aromatic heterocycles. The van der Waals surface area contributed by atoms with Gasteiger partial charge in [-0.3, -0.25) is 0 Å². The highest BCUT2D eigenvalue weighted by Gasteiger charge is 2.27. The molecular weight excluding hydrogens is 739 g/mol. The smallest absolute Gasteiger partial charge is 0.119 e. The first-order valence-corrected chi connectivity index (χ1v) is 21.3. The number of hydrogen-bond donors (Lipinski definition) is 0. The zero-order valence-corrected chi connectivity index (χ0v) is 33.9. The van der Waals surface area contributed by atoms with E-state index < -0.39 is 0 Å². The lowest BCUT2D eigenvalue weighted by atomic mass is 9.80. The van der Waals surface area contributed by atoms with Gasteiger partial charge < -0.3 is 9.64 Å². The summed E-state index contributed by atoms with van der Waals surface area (Å²) in [5.74, 6) is 0.832. The van der Waals surface area contributed by atoms with Gasteiger partial charge in [-0.05, 0) is 155 Å². The summed E-state index contributed by atoms with van der Waals surface area (Å²) in [4.78, 5) is 2.44. The summed E-state index contributed by atoms with van der Waals surface area (Å²) < 4.78 is 5.67. The number of rotatable bonds is 7. The lowest BCUT2D eigenvalue weighted by Crippen LogP contribution is -2.10. The van der Waals surface area contributed by atoms with E-state index >= 15 is 0 Å². The Morgan fingerprint density at radius 2 is 1.05 bits per heavy atom. The fourth-order valence-electron chi connectivity index (χ4n) is 10.3. The predicted molar refractivity (Wildman–Crippen MR) is 259 cm³/mol. The maximum atomic E-state index is 5.67. The second-order valence-corrected chi connectivity index (χ2v) is 16.2. The lowest BCUT2D eigenvalue weighted by molar-refractivity contribution is 0.415. The topological polar surface area (TPSA) is 12.5 Å². The molecule has 10 aromatic rings. The van der Waals surface area contributed by atoms with Crippen LogP contribution in [0.1, 0.15) is 18.4 Å². The van der Waals surface area contributed by atoms with E-state index in [-0.39, 0.29) is 0 Å². The molecule has 2 aliphatic rings. The van der Waals surface area contributed by atoms with Crippen LogP contribution >= 0.6 is 0 Å². The molecule has 0 heterocycles. The van der Waals surface area contributed by atoms with Crippen LogP contribution in [-0.2, 0) is 0 Å². The zero-order chi connectivity index (χ0) is 40.4. The van der Waals surface area contributed by atoms with Crippen molar-refractivity contribution in [2.75, 3.05) is 12.0 Å². The number of fused-ring (bicyclic) bond motifs is 9. The summed E-state index contributed by atoms with van der Waals surface area (Å²) in [5, 5.41) is 10.1. The molecule has 10 aromatic carbocycles. The maximum absolute atomic E-state index is 5.67. The van der Waals surface area contributed by atoms with Gasteiger partial charge in [-0.15, -0.1) is 0 Å². The third-order valence-electron chi connectivity index (χ3n) is 12.9. The van der Waals surface area contributed by atoms with Gasteiger partial charge in [0.2, 0.25) is 0 Å². The summed E-state index contributed by atoms with van der Waals surface area (Å²) >= 11 is 0. The Morgan fingerprint density at radius 3 is 1.77 bits per heavy atom. The number of ether oxygens (including phenoxy) is 1. The molecule has 0 unspecified atom stereocenters. The normalized spacial score (nSPS) is 12.9.